The van der Waals surface area contributed by atoms with Crippen LogP contribution in [0.25, 0.3) is 0 Å². The van der Waals surface area contributed by atoms with Crippen molar-refractivity contribution in [1.29, 1.82) is 0 Å². The Morgan fingerprint density at radius 2 is 1.63 bits per heavy atom. The largest absolute Gasteiger partial charge is 0.383 e. The van der Waals surface area contributed by atoms with Gasteiger partial charge in [-0.05, 0) is 30.5 Å². The molecule has 0 spiro atoms. The normalized spacial score (nSPS) is 10.5. The summed E-state index contributed by atoms with van der Waals surface area (Å²) in [7, 11) is 0. The van der Waals surface area contributed by atoms with E-state index < -0.39 is 0 Å². The van der Waals surface area contributed by atoms with E-state index in [1.807, 2.05) is 18.2 Å². The first-order valence-electron chi connectivity index (χ1n) is 6.09. The first-order chi connectivity index (χ1) is 9.16. The average Bonchev–Trinajstić information content (AvgIpc) is 2.38. The Morgan fingerprint density at radius 1 is 1.00 bits per heavy atom. The molecule has 0 saturated heterocycles. The number of hydrogen-bond acceptors (Lipinski definition) is 1. The summed E-state index contributed by atoms with van der Waals surface area (Å²) >= 11 is 15.7. The van der Waals surface area contributed by atoms with E-state index in [1.54, 1.807) is 0 Å². The summed E-state index contributed by atoms with van der Waals surface area (Å²) in [6.07, 6.45) is 2.08. The van der Waals surface area contributed by atoms with Gasteiger partial charge in [-0.25, -0.2) is 0 Å². The van der Waals surface area contributed by atoms with Crippen molar-refractivity contribution in [2.45, 2.75) is 12.8 Å². The molecule has 0 saturated carbocycles. The van der Waals surface area contributed by atoms with E-state index in [1.165, 1.54) is 5.56 Å². The maximum atomic E-state index is 6.15. The zero-order chi connectivity index (χ0) is 13.7. The van der Waals surface area contributed by atoms with Crippen LogP contribution in [0.5, 0.6) is 0 Å². The van der Waals surface area contributed by atoms with E-state index in [0.717, 1.165) is 29.5 Å². The molecule has 0 aromatic heterocycles. The number of aryl methyl sites for hydroxylation is 1. The summed E-state index contributed by atoms with van der Waals surface area (Å²) < 4.78 is 0.886. The van der Waals surface area contributed by atoms with Crippen molar-refractivity contribution < 1.29 is 0 Å². The summed E-state index contributed by atoms with van der Waals surface area (Å²) in [5.74, 6) is 0. The van der Waals surface area contributed by atoms with E-state index in [9.17, 15) is 0 Å². The van der Waals surface area contributed by atoms with Crippen LogP contribution in [0.1, 0.15) is 12.0 Å². The number of hydrogen-bond donors (Lipinski definition) is 1. The second-order valence-electron chi connectivity index (χ2n) is 4.26. The SMILES string of the molecule is Clc1cc(Br)cc(Cl)c1NCCCc1ccccc1. The Bertz CT molecular complexity index is 520. The summed E-state index contributed by atoms with van der Waals surface area (Å²) in [4.78, 5) is 0. The molecule has 19 heavy (non-hydrogen) atoms. The van der Waals surface area contributed by atoms with E-state index in [-0.39, 0.29) is 0 Å². The quantitative estimate of drug-likeness (QED) is 0.666. The third-order valence-electron chi connectivity index (χ3n) is 2.79. The highest BCUT2D eigenvalue weighted by Crippen LogP contribution is 2.33. The van der Waals surface area contributed by atoms with Gasteiger partial charge in [-0.1, -0.05) is 69.5 Å². The highest BCUT2D eigenvalue weighted by molar-refractivity contribution is 9.10. The van der Waals surface area contributed by atoms with Crippen LogP contribution in [0.15, 0.2) is 46.9 Å². The van der Waals surface area contributed by atoms with Gasteiger partial charge < -0.3 is 5.32 Å². The summed E-state index contributed by atoms with van der Waals surface area (Å²) in [5, 5.41) is 4.57. The van der Waals surface area contributed by atoms with E-state index in [0.29, 0.717) is 10.0 Å². The minimum absolute atomic E-state index is 0.638. The molecule has 0 amide bonds. The maximum Gasteiger partial charge on any atom is 0.0719 e. The summed E-state index contributed by atoms with van der Waals surface area (Å²) in [6, 6.07) is 14.1. The van der Waals surface area contributed by atoms with Gasteiger partial charge in [0.15, 0.2) is 0 Å². The standard InChI is InChI=1S/C15H14BrCl2N/c16-12-9-13(17)15(14(18)10-12)19-8-4-7-11-5-2-1-3-6-11/h1-3,5-6,9-10,19H,4,7-8H2. The Balaban J connectivity index is 1.86. The molecule has 0 atom stereocenters. The van der Waals surface area contributed by atoms with Gasteiger partial charge in [0.1, 0.15) is 0 Å². The molecule has 2 aromatic carbocycles. The second kappa shape index (κ2) is 7.18. The molecule has 4 heteroatoms. The predicted octanol–water partition coefficient (Wildman–Crippen LogP) is 5.80. The maximum absolute atomic E-state index is 6.15. The van der Waals surface area contributed by atoms with Crippen molar-refractivity contribution in [2.75, 3.05) is 11.9 Å². The Morgan fingerprint density at radius 3 is 2.26 bits per heavy atom. The molecule has 1 N–H and O–H groups in total. The van der Waals surface area contributed by atoms with Crippen molar-refractivity contribution in [3.8, 4) is 0 Å². The first kappa shape index (κ1) is 14.7. The van der Waals surface area contributed by atoms with Crippen molar-refractivity contribution in [2.24, 2.45) is 0 Å². The smallest absolute Gasteiger partial charge is 0.0719 e. The van der Waals surface area contributed by atoms with Gasteiger partial charge in [0, 0.05) is 11.0 Å². The Hall–Kier alpha value is -0.700. The second-order valence-corrected chi connectivity index (χ2v) is 5.99. The molecule has 0 aliphatic rings. The zero-order valence-corrected chi connectivity index (χ0v) is 13.4. The zero-order valence-electron chi connectivity index (χ0n) is 10.3. The lowest BCUT2D eigenvalue weighted by atomic mass is 10.1. The lowest BCUT2D eigenvalue weighted by Gasteiger charge is -2.11. The van der Waals surface area contributed by atoms with Gasteiger partial charge in [0.25, 0.3) is 0 Å². The fourth-order valence-electron chi connectivity index (χ4n) is 1.86. The van der Waals surface area contributed by atoms with Crippen LogP contribution in [-0.2, 0) is 6.42 Å². The predicted molar refractivity (Wildman–Crippen MR) is 87.4 cm³/mol. The van der Waals surface area contributed by atoms with Crippen molar-refractivity contribution >= 4 is 44.8 Å². The van der Waals surface area contributed by atoms with Gasteiger partial charge in [0.2, 0.25) is 0 Å². The van der Waals surface area contributed by atoms with Gasteiger partial charge in [-0.3, -0.25) is 0 Å². The Labute approximate surface area is 132 Å². The first-order valence-corrected chi connectivity index (χ1v) is 7.64. The molecular formula is C15H14BrCl2N. The summed E-state index contributed by atoms with van der Waals surface area (Å²) in [6.45, 7) is 0.843. The van der Waals surface area contributed by atoms with Crippen LogP contribution in [0.2, 0.25) is 10.0 Å². The third kappa shape index (κ3) is 4.41. The van der Waals surface area contributed by atoms with Crippen LogP contribution < -0.4 is 5.32 Å². The monoisotopic (exact) mass is 357 g/mol. The molecule has 0 unspecified atom stereocenters. The fraction of sp³-hybridized carbons (Fsp3) is 0.200. The topological polar surface area (TPSA) is 12.0 Å². The minimum Gasteiger partial charge on any atom is -0.383 e. The number of rotatable bonds is 5. The molecule has 0 fully saturated rings. The van der Waals surface area contributed by atoms with Gasteiger partial charge in [0.05, 0.1) is 15.7 Å². The molecule has 0 bridgehead atoms. The van der Waals surface area contributed by atoms with Crippen LogP contribution in [0.3, 0.4) is 0 Å². The van der Waals surface area contributed by atoms with E-state index in [4.69, 9.17) is 23.2 Å². The lowest BCUT2D eigenvalue weighted by molar-refractivity contribution is 0.863. The van der Waals surface area contributed by atoms with Crippen LogP contribution in [-0.4, -0.2) is 6.54 Å². The van der Waals surface area contributed by atoms with Gasteiger partial charge in [-0.2, -0.15) is 0 Å². The number of halogens is 3. The van der Waals surface area contributed by atoms with Crippen LogP contribution >= 0.6 is 39.1 Å². The third-order valence-corrected chi connectivity index (χ3v) is 3.85. The molecule has 2 rings (SSSR count). The number of nitrogens with one attached hydrogen (secondary N) is 1. The van der Waals surface area contributed by atoms with E-state index in [2.05, 4.69) is 45.5 Å². The highest BCUT2D eigenvalue weighted by Gasteiger charge is 2.06. The fourth-order valence-corrected chi connectivity index (χ4v) is 3.20. The van der Waals surface area contributed by atoms with Crippen LogP contribution in [0.4, 0.5) is 5.69 Å². The molecule has 0 radical (unpaired) electrons. The number of benzene rings is 2. The lowest BCUT2D eigenvalue weighted by Crippen LogP contribution is -2.04. The van der Waals surface area contributed by atoms with Crippen molar-refractivity contribution in [1.82, 2.24) is 0 Å². The molecule has 2 aromatic rings. The molecule has 0 aliphatic heterocycles. The van der Waals surface area contributed by atoms with Crippen LogP contribution in [0, 0.1) is 0 Å². The molecule has 1 nitrogen and oxygen atoms in total. The summed E-state index contributed by atoms with van der Waals surface area (Å²) in [5.41, 5.74) is 2.15. The van der Waals surface area contributed by atoms with E-state index >= 15 is 0 Å². The van der Waals surface area contributed by atoms with Crippen molar-refractivity contribution in [3.63, 3.8) is 0 Å². The number of anilines is 1. The average molecular weight is 359 g/mol. The minimum atomic E-state index is 0.638. The van der Waals surface area contributed by atoms with Crippen molar-refractivity contribution in [3.05, 3.63) is 62.5 Å². The highest BCUT2D eigenvalue weighted by atomic mass is 79.9. The molecule has 100 valence electrons. The molecule has 0 heterocycles. The Kier molecular flexibility index (Phi) is 5.56. The van der Waals surface area contributed by atoms with Gasteiger partial charge in [-0.15, -0.1) is 0 Å². The molecule has 0 aliphatic carbocycles. The molecular weight excluding hydrogens is 345 g/mol. The van der Waals surface area contributed by atoms with Gasteiger partial charge >= 0.3 is 0 Å².